The fraction of sp³-hybridized carbons (Fsp3) is 0.378. The van der Waals surface area contributed by atoms with Crippen molar-refractivity contribution in [3.05, 3.63) is 122 Å². The van der Waals surface area contributed by atoms with Gasteiger partial charge in [-0.25, -0.2) is 14.8 Å². The monoisotopic (exact) mass is 792 g/mol. The second-order valence-electron chi connectivity index (χ2n) is 15.3. The predicted molar refractivity (Wildman–Crippen MR) is 221 cm³/mol. The molecule has 58 heavy (non-hydrogen) atoms. The number of aliphatic hydroxyl groups is 2. The van der Waals surface area contributed by atoms with Gasteiger partial charge in [0.2, 0.25) is 0 Å². The third-order valence-electron chi connectivity index (χ3n) is 11.3. The molecule has 0 radical (unpaired) electrons. The number of carbonyl (C=O) groups is 1. The fourth-order valence-electron chi connectivity index (χ4n) is 8.12. The maximum Gasteiger partial charge on any atom is 0.333 e. The molecule has 0 fully saturated rings. The van der Waals surface area contributed by atoms with Crippen LogP contribution in [0.15, 0.2) is 87.9 Å². The van der Waals surface area contributed by atoms with Crippen molar-refractivity contribution < 1.29 is 39.1 Å². The number of nitrogens with zero attached hydrogens (tertiary/aromatic N) is 2. The van der Waals surface area contributed by atoms with Gasteiger partial charge < -0.3 is 45.8 Å². The highest BCUT2D eigenvalue weighted by Gasteiger charge is 2.49. The molecule has 0 saturated heterocycles. The van der Waals surface area contributed by atoms with E-state index in [2.05, 4.69) is 16.9 Å². The highest BCUT2D eigenvalue weighted by molar-refractivity contribution is 5.92. The maximum atomic E-state index is 14.0. The molecule has 0 spiro atoms. The number of ether oxygens (including phenoxy) is 2. The number of unbranched alkanes of at least 4 members (excludes halogenated alkanes) is 2. The van der Waals surface area contributed by atoms with Crippen LogP contribution in [0.5, 0.6) is 17.2 Å². The Morgan fingerprint density at radius 2 is 1.83 bits per heavy atom. The predicted octanol–water partition coefficient (Wildman–Crippen LogP) is 6.88. The summed E-state index contributed by atoms with van der Waals surface area (Å²) in [7, 11) is 0. The van der Waals surface area contributed by atoms with Crippen LogP contribution in [0.3, 0.4) is 0 Å². The van der Waals surface area contributed by atoms with Crippen LogP contribution >= 0.6 is 0 Å². The second kappa shape index (κ2) is 17.7. The summed E-state index contributed by atoms with van der Waals surface area (Å²) in [5.41, 5.74) is 13.2. The van der Waals surface area contributed by atoms with Gasteiger partial charge in [-0.15, -0.1) is 0 Å². The second-order valence-corrected chi connectivity index (χ2v) is 15.3. The molecule has 306 valence electrons. The Bertz CT molecular complexity index is 2360. The van der Waals surface area contributed by atoms with Gasteiger partial charge in [0.05, 0.1) is 6.61 Å². The fourth-order valence-corrected chi connectivity index (χ4v) is 8.12. The molecule has 4 heterocycles. The first-order valence-corrected chi connectivity index (χ1v) is 19.6. The summed E-state index contributed by atoms with van der Waals surface area (Å²) in [5.74, 6) is -2.26. The van der Waals surface area contributed by atoms with E-state index in [1.807, 2.05) is 13.0 Å². The van der Waals surface area contributed by atoms with E-state index in [1.54, 1.807) is 56.5 Å². The number of aliphatic hydroxyl groups excluding tert-OH is 2. The van der Waals surface area contributed by atoms with Crippen molar-refractivity contribution in [1.82, 2.24) is 9.97 Å². The number of phenols is 2. The van der Waals surface area contributed by atoms with Gasteiger partial charge in [0.15, 0.2) is 5.43 Å². The van der Waals surface area contributed by atoms with E-state index in [9.17, 15) is 30.0 Å². The van der Waals surface area contributed by atoms with E-state index in [0.29, 0.717) is 28.9 Å². The summed E-state index contributed by atoms with van der Waals surface area (Å²) in [6, 6.07) is 14.6. The quantitative estimate of drug-likeness (QED) is 0.0362. The van der Waals surface area contributed by atoms with E-state index >= 15 is 0 Å². The van der Waals surface area contributed by atoms with Crippen LogP contribution in [0.1, 0.15) is 111 Å². The van der Waals surface area contributed by atoms with Gasteiger partial charge in [-0.05, 0) is 86.6 Å². The molecule has 2 aromatic carbocycles. The van der Waals surface area contributed by atoms with Crippen LogP contribution in [0, 0.1) is 0 Å². The van der Waals surface area contributed by atoms with Gasteiger partial charge >= 0.3 is 5.97 Å². The molecule has 1 aliphatic heterocycles. The van der Waals surface area contributed by atoms with Crippen LogP contribution < -0.4 is 21.6 Å². The van der Waals surface area contributed by atoms with Crippen molar-refractivity contribution >= 4 is 28.6 Å². The van der Waals surface area contributed by atoms with Crippen LogP contribution in [0.4, 0.5) is 11.6 Å². The summed E-state index contributed by atoms with van der Waals surface area (Å²) >= 11 is 0. The minimum Gasteiger partial charge on any atom is -0.508 e. The topological polar surface area (TPSA) is 224 Å². The van der Waals surface area contributed by atoms with Crippen molar-refractivity contribution in [1.29, 1.82) is 0 Å². The summed E-state index contributed by atoms with van der Waals surface area (Å²) in [5, 5.41) is 44.1. The van der Waals surface area contributed by atoms with Gasteiger partial charge in [-0.2, -0.15) is 0 Å². The van der Waals surface area contributed by atoms with Crippen molar-refractivity contribution in [2.24, 2.45) is 0 Å². The van der Waals surface area contributed by atoms with Crippen LogP contribution in [-0.2, 0) is 22.6 Å². The Morgan fingerprint density at radius 1 is 1.03 bits per heavy atom. The van der Waals surface area contributed by atoms with Crippen molar-refractivity contribution in [2.75, 3.05) is 18.1 Å². The van der Waals surface area contributed by atoms with Gasteiger partial charge in [0.25, 0.3) is 0 Å². The molecular formula is C45H52N4O9. The Kier molecular flexibility index (Phi) is 12.7. The number of benzene rings is 2. The third kappa shape index (κ3) is 8.51. The number of carbonyl (C=O) groups excluding carboxylic acids is 1. The molecule has 5 aromatic rings. The highest BCUT2D eigenvalue weighted by atomic mass is 16.6. The molecule has 5 atom stereocenters. The lowest BCUT2D eigenvalue weighted by Gasteiger charge is -2.45. The van der Waals surface area contributed by atoms with Crippen LogP contribution in [-0.4, -0.2) is 54.7 Å². The molecule has 0 saturated carbocycles. The standard InChI is InChI=1S/C45H52N4O9/c1-5-7-8-10-28(29-13-14-36(46)49-22-29)21-45(4)35(57-44(55)25(3)6-2)20-32-41(54)39-34(53)19-31(23-50)56-43(39)40(42(32)58-45)38(27-15-16-48-37(47)18-27)33(24-51)26-11-9-12-30(52)17-26/h6,9,11-19,22,28,33,35,38,50-52,54H,5,7-8,10,20-21,23-24H2,1-4H3,(H2,46,49)(H2,47,48). The number of nitrogen functional groups attached to an aromatic ring is 2. The number of esters is 1. The zero-order valence-corrected chi connectivity index (χ0v) is 33.3. The molecule has 0 aliphatic carbocycles. The Labute approximate surface area is 337 Å². The van der Waals surface area contributed by atoms with Crippen LogP contribution in [0.25, 0.3) is 11.0 Å². The summed E-state index contributed by atoms with van der Waals surface area (Å²) in [6.07, 6.45) is 7.87. The molecule has 1 aliphatic rings. The van der Waals surface area contributed by atoms with E-state index in [0.717, 1.165) is 37.3 Å². The summed E-state index contributed by atoms with van der Waals surface area (Å²) < 4.78 is 19.8. The molecule has 3 aromatic heterocycles. The molecule has 8 N–H and O–H groups in total. The van der Waals surface area contributed by atoms with Gasteiger partial charge in [-0.1, -0.05) is 50.5 Å². The molecule has 5 unspecified atom stereocenters. The van der Waals surface area contributed by atoms with Gasteiger partial charge in [0.1, 0.15) is 63.9 Å². The number of hydrogen-bond donors (Lipinski definition) is 6. The first-order chi connectivity index (χ1) is 27.8. The summed E-state index contributed by atoms with van der Waals surface area (Å²) in [6.45, 7) is 6.30. The smallest absolute Gasteiger partial charge is 0.333 e. The number of phenolic OH excluding ortho intramolecular Hbond substituents is 2. The molecular weight excluding hydrogens is 741 g/mol. The average molecular weight is 793 g/mol. The molecule has 0 amide bonds. The first-order valence-electron chi connectivity index (χ1n) is 19.6. The Balaban J connectivity index is 1.68. The average Bonchev–Trinajstić information content (AvgIpc) is 3.20. The van der Waals surface area contributed by atoms with Crippen LogP contribution in [0.2, 0.25) is 0 Å². The lowest BCUT2D eigenvalue weighted by molar-refractivity contribution is -0.159. The molecule has 13 heteroatoms. The summed E-state index contributed by atoms with van der Waals surface area (Å²) in [4.78, 5) is 36.1. The number of rotatable bonds is 15. The zero-order valence-electron chi connectivity index (χ0n) is 33.3. The lowest BCUT2D eigenvalue weighted by atomic mass is 9.73. The van der Waals surface area contributed by atoms with Gasteiger partial charge in [0, 0.05) is 53.4 Å². The van der Waals surface area contributed by atoms with Crippen molar-refractivity contribution in [2.45, 2.75) is 102 Å². The highest BCUT2D eigenvalue weighted by Crippen LogP contribution is 2.54. The minimum atomic E-state index is -1.28. The number of allylic oxidation sites excluding steroid dienone is 1. The minimum absolute atomic E-state index is 0.0354. The molecule has 13 nitrogen and oxygen atoms in total. The molecule has 6 rings (SSSR count). The van der Waals surface area contributed by atoms with E-state index < -0.39 is 53.9 Å². The van der Waals surface area contributed by atoms with E-state index in [-0.39, 0.29) is 57.5 Å². The largest absolute Gasteiger partial charge is 0.508 e. The normalized spacial score (nSPS) is 18.2. The number of pyridine rings is 2. The number of aromatic nitrogens is 2. The van der Waals surface area contributed by atoms with E-state index in [1.165, 1.54) is 18.3 Å². The van der Waals surface area contributed by atoms with Crippen molar-refractivity contribution in [3.8, 4) is 17.2 Å². The number of fused-ring (bicyclic) bond motifs is 2. The van der Waals surface area contributed by atoms with E-state index in [4.69, 9.17) is 25.4 Å². The Morgan fingerprint density at radius 3 is 2.48 bits per heavy atom. The molecule has 0 bridgehead atoms. The maximum absolute atomic E-state index is 14.0. The third-order valence-corrected chi connectivity index (χ3v) is 11.3. The number of anilines is 2. The lowest BCUT2D eigenvalue weighted by Crippen LogP contribution is -2.52. The number of hydrogen-bond acceptors (Lipinski definition) is 13. The Hall–Kier alpha value is -5.92. The zero-order chi connectivity index (χ0) is 41.7. The van der Waals surface area contributed by atoms with Crippen molar-refractivity contribution in [3.63, 3.8) is 0 Å². The SMILES string of the molecule is CC=C(C)C(=O)OC1Cc2c(c(C(c3ccnc(N)c3)C(CO)c3cccc(O)c3)c3oc(CO)cc(=O)c3c2O)OC1(C)CC(CCCCC)c1ccc(N)nc1. The van der Waals surface area contributed by atoms with Gasteiger partial charge in [-0.3, -0.25) is 4.79 Å². The number of aromatic hydroxyl groups is 2. The number of nitrogens with two attached hydrogens (primary N) is 2. The first kappa shape index (κ1) is 41.7.